The number of hydrogen-bond donors (Lipinski definition) is 1. The second kappa shape index (κ2) is 4.49. The first kappa shape index (κ1) is 10.9. The molecule has 0 aromatic rings. The Balaban J connectivity index is 1.77. The van der Waals surface area contributed by atoms with E-state index in [4.69, 9.17) is 5.73 Å². The average molecular weight is 211 g/mol. The summed E-state index contributed by atoms with van der Waals surface area (Å²) in [5, 5.41) is 0. The summed E-state index contributed by atoms with van der Waals surface area (Å²) in [5.41, 5.74) is 6.00. The highest BCUT2D eigenvalue weighted by Gasteiger charge is 2.27. The van der Waals surface area contributed by atoms with Gasteiger partial charge in [0.05, 0.1) is 6.54 Å². The first-order valence-corrected chi connectivity index (χ1v) is 5.92. The molecule has 0 aromatic heterocycles. The van der Waals surface area contributed by atoms with E-state index in [0.29, 0.717) is 12.5 Å². The molecule has 2 heterocycles. The molecule has 0 spiro atoms. The van der Waals surface area contributed by atoms with Gasteiger partial charge in [-0.15, -0.1) is 0 Å². The van der Waals surface area contributed by atoms with E-state index in [1.165, 1.54) is 6.42 Å². The molecular weight excluding hydrogens is 190 g/mol. The molecule has 0 saturated carbocycles. The van der Waals surface area contributed by atoms with Gasteiger partial charge in [-0.1, -0.05) is 6.92 Å². The van der Waals surface area contributed by atoms with Crippen molar-refractivity contribution in [3.8, 4) is 0 Å². The standard InChI is InChI=1S/C11H21N3O/c1-9-3-6-13(7-10(9)12)8-11(15)14-4-2-5-14/h9-10H,2-8,12H2,1H3. The molecule has 1 amide bonds. The van der Waals surface area contributed by atoms with Crippen molar-refractivity contribution in [3.05, 3.63) is 0 Å². The van der Waals surface area contributed by atoms with Gasteiger partial charge in [-0.25, -0.2) is 0 Å². The van der Waals surface area contributed by atoms with Crippen molar-refractivity contribution in [3.63, 3.8) is 0 Å². The lowest BCUT2D eigenvalue weighted by atomic mass is 9.94. The van der Waals surface area contributed by atoms with Gasteiger partial charge in [0.25, 0.3) is 0 Å². The van der Waals surface area contributed by atoms with Gasteiger partial charge < -0.3 is 10.6 Å². The van der Waals surface area contributed by atoms with Gasteiger partial charge >= 0.3 is 0 Å². The molecule has 86 valence electrons. The SMILES string of the molecule is CC1CCN(CC(=O)N2CCC2)CC1N. The Kier molecular flexibility index (Phi) is 3.26. The summed E-state index contributed by atoms with van der Waals surface area (Å²) in [6, 6.07) is 0.239. The summed E-state index contributed by atoms with van der Waals surface area (Å²) in [4.78, 5) is 15.9. The Bertz CT molecular complexity index is 240. The first-order chi connectivity index (χ1) is 7.16. The maximum absolute atomic E-state index is 11.7. The van der Waals surface area contributed by atoms with Crippen LogP contribution in [0.1, 0.15) is 19.8 Å². The van der Waals surface area contributed by atoms with Crippen molar-refractivity contribution in [1.82, 2.24) is 9.80 Å². The van der Waals surface area contributed by atoms with Crippen LogP contribution in [0, 0.1) is 5.92 Å². The first-order valence-electron chi connectivity index (χ1n) is 5.92. The fourth-order valence-electron chi connectivity index (χ4n) is 2.17. The molecule has 0 aliphatic carbocycles. The van der Waals surface area contributed by atoms with Gasteiger partial charge in [-0.05, 0) is 25.3 Å². The maximum atomic E-state index is 11.7. The Hall–Kier alpha value is -0.610. The quantitative estimate of drug-likeness (QED) is 0.693. The summed E-state index contributed by atoms with van der Waals surface area (Å²) in [5.74, 6) is 0.878. The molecule has 15 heavy (non-hydrogen) atoms. The Labute approximate surface area is 91.4 Å². The lowest BCUT2D eigenvalue weighted by Gasteiger charge is -2.37. The molecule has 4 nitrogen and oxygen atoms in total. The van der Waals surface area contributed by atoms with E-state index >= 15 is 0 Å². The smallest absolute Gasteiger partial charge is 0.236 e. The fourth-order valence-corrected chi connectivity index (χ4v) is 2.17. The van der Waals surface area contributed by atoms with Crippen molar-refractivity contribution < 1.29 is 4.79 Å². The third-order valence-corrected chi connectivity index (χ3v) is 3.67. The number of piperidine rings is 1. The minimum atomic E-state index is 0.239. The maximum Gasteiger partial charge on any atom is 0.236 e. The van der Waals surface area contributed by atoms with E-state index < -0.39 is 0 Å². The molecule has 2 N–H and O–H groups in total. The predicted octanol–water partition coefficient (Wildman–Crippen LogP) is -0.112. The van der Waals surface area contributed by atoms with Crippen LogP contribution in [0.4, 0.5) is 0 Å². The van der Waals surface area contributed by atoms with Crippen LogP contribution in [0.2, 0.25) is 0 Å². The minimum Gasteiger partial charge on any atom is -0.341 e. The number of carbonyl (C=O) groups is 1. The van der Waals surface area contributed by atoms with Crippen LogP contribution in [0.3, 0.4) is 0 Å². The molecule has 0 bridgehead atoms. The summed E-state index contributed by atoms with van der Waals surface area (Å²) in [7, 11) is 0. The molecule has 2 fully saturated rings. The van der Waals surface area contributed by atoms with Crippen molar-refractivity contribution >= 4 is 5.91 Å². The molecule has 2 rings (SSSR count). The number of amides is 1. The Morgan fingerprint density at radius 1 is 1.40 bits per heavy atom. The second-order valence-electron chi connectivity index (χ2n) is 4.90. The van der Waals surface area contributed by atoms with Crippen molar-refractivity contribution in [2.24, 2.45) is 11.7 Å². The van der Waals surface area contributed by atoms with Crippen molar-refractivity contribution in [2.75, 3.05) is 32.7 Å². The summed E-state index contributed by atoms with van der Waals surface area (Å²) in [6.07, 6.45) is 2.29. The van der Waals surface area contributed by atoms with Crippen LogP contribution in [0.15, 0.2) is 0 Å². The number of likely N-dealkylation sites (tertiary alicyclic amines) is 2. The summed E-state index contributed by atoms with van der Waals surface area (Å²) in [6.45, 7) is 6.57. The van der Waals surface area contributed by atoms with Crippen LogP contribution >= 0.6 is 0 Å². The lowest BCUT2D eigenvalue weighted by molar-refractivity contribution is -0.136. The zero-order valence-electron chi connectivity index (χ0n) is 9.48. The van der Waals surface area contributed by atoms with Gasteiger partial charge in [0.15, 0.2) is 0 Å². The van der Waals surface area contributed by atoms with Crippen LogP contribution in [-0.4, -0.2) is 54.5 Å². The number of rotatable bonds is 2. The number of nitrogens with zero attached hydrogens (tertiary/aromatic N) is 2. The van der Waals surface area contributed by atoms with E-state index in [1.807, 2.05) is 4.90 Å². The molecule has 0 radical (unpaired) electrons. The van der Waals surface area contributed by atoms with Gasteiger partial charge in [0.1, 0.15) is 0 Å². The van der Waals surface area contributed by atoms with Gasteiger partial charge in [0, 0.05) is 25.7 Å². The van der Waals surface area contributed by atoms with E-state index in [-0.39, 0.29) is 11.9 Å². The van der Waals surface area contributed by atoms with Gasteiger partial charge in [0.2, 0.25) is 5.91 Å². The van der Waals surface area contributed by atoms with E-state index in [0.717, 1.165) is 32.6 Å². The van der Waals surface area contributed by atoms with E-state index in [9.17, 15) is 4.79 Å². The summed E-state index contributed by atoms with van der Waals surface area (Å²) >= 11 is 0. The van der Waals surface area contributed by atoms with Crippen molar-refractivity contribution in [1.29, 1.82) is 0 Å². The molecule has 2 unspecified atom stereocenters. The number of hydrogen-bond acceptors (Lipinski definition) is 3. The number of carbonyl (C=O) groups excluding carboxylic acids is 1. The normalized spacial score (nSPS) is 32.5. The highest BCUT2D eigenvalue weighted by molar-refractivity contribution is 5.78. The third-order valence-electron chi connectivity index (χ3n) is 3.67. The van der Waals surface area contributed by atoms with Crippen LogP contribution < -0.4 is 5.73 Å². The van der Waals surface area contributed by atoms with E-state index in [1.54, 1.807) is 0 Å². The molecule has 2 aliphatic heterocycles. The predicted molar refractivity (Wildman–Crippen MR) is 59.4 cm³/mol. The molecule has 2 atom stereocenters. The number of nitrogens with two attached hydrogens (primary N) is 1. The molecule has 2 saturated heterocycles. The van der Waals surface area contributed by atoms with Crippen molar-refractivity contribution in [2.45, 2.75) is 25.8 Å². The second-order valence-corrected chi connectivity index (χ2v) is 4.90. The van der Waals surface area contributed by atoms with Gasteiger partial charge in [-0.3, -0.25) is 9.69 Å². The fraction of sp³-hybridized carbons (Fsp3) is 0.909. The molecule has 4 heteroatoms. The van der Waals surface area contributed by atoms with E-state index in [2.05, 4.69) is 11.8 Å². The van der Waals surface area contributed by atoms with Crippen LogP contribution in [0.25, 0.3) is 0 Å². The topological polar surface area (TPSA) is 49.6 Å². The zero-order chi connectivity index (χ0) is 10.8. The molecule has 0 aromatic carbocycles. The Morgan fingerprint density at radius 2 is 2.13 bits per heavy atom. The molecule has 2 aliphatic rings. The zero-order valence-corrected chi connectivity index (χ0v) is 9.48. The average Bonchev–Trinajstić information content (AvgIpc) is 2.08. The van der Waals surface area contributed by atoms with Gasteiger partial charge in [-0.2, -0.15) is 0 Å². The Morgan fingerprint density at radius 3 is 2.67 bits per heavy atom. The third kappa shape index (κ3) is 2.49. The monoisotopic (exact) mass is 211 g/mol. The van der Waals surface area contributed by atoms with Crippen LogP contribution in [0.5, 0.6) is 0 Å². The largest absolute Gasteiger partial charge is 0.341 e. The minimum absolute atomic E-state index is 0.239. The highest BCUT2D eigenvalue weighted by Crippen LogP contribution is 2.16. The lowest BCUT2D eigenvalue weighted by Crippen LogP contribution is -2.52. The summed E-state index contributed by atoms with van der Waals surface area (Å²) < 4.78 is 0. The molecular formula is C11H21N3O. The van der Waals surface area contributed by atoms with Crippen LogP contribution in [-0.2, 0) is 4.79 Å². The highest BCUT2D eigenvalue weighted by atomic mass is 16.2.